The van der Waals surface area contributed by atoms with Gasteiger partial charge in [-0.3, -0.25) is 0 Å². The number of fused-ring (bicyclic) bond motifs is 1. The highest BCUT2D eigenvalue weighted by molar-refractivity contribution is 5.82. The second kappa shape index (κ2) is 7.43. The summed E-state index contributed by atoms with van der Waals surface area (Å²) >= 11 is 0. The van der Waals surface area contributed by atoms with Crippen molar-refractivity contribution in [3.63, 3.8) is 0 Å². The smallest absolute Gasteiger partial charge is 0.425 e. The SMILES string of the molecule is CC(Oc1ccc(-c2nc(-c3ccc4nc(N)[nH]c4c3)no2)cc1C(F)(F)F)C(F)(F)F. The molecule has 168 valence electrons. The van der Waals surface area contributed by atoms with Crippen LogP contribution in [0.5, 0.6) is 5.75 Å². The first-order chi connectivity index (χ1) is 14.9. The van der Waals surface area contributed by atoms with E-state index in [0.717, 1.165) is 12.1 Å². The Labute approximate surface area is 175 Å². The molecule has 4 aromatic rings. The van der Waals surface area contributed by atoms with E-state index in [9.17, 15) is 26.3 Å². The summed E-state index contributed by atoms with van der Waals surface area (Å²) in [7, 11) is 0. The lowest BCUT2D eigenvalue weighted by atomic mass is 10.1. The summed E-state index contributed by atoms with van der Waals surface area (Å²) in [5.41, 5.74) is 5.71. The quantitative estimate of drug-likeness (QED) is 0.408. The lowest BCUT2D eigenvalue weighted by Gasteiger charge is -2.20. The average molecular weight is 457 g/mol. The van der Waals surface area contributed by atoms with Gasteiger partial charge in [-0.05, 0) is 43.3 Å². The number of nitrogen functional groups attached to an aromatic ring is 1. The highest BCUT2D eigenvalue weighted by Gasteiger charge is 2.41. The van der Waals surface area contributed by atoms with Gasteiger partial charge in [-0.1, -0.05) is 5.16 Å². The van der Waals surface area contributed by atoms with E-state index in [2.05, 4.69) is 24.8 Å². The maximum atomic E-state index is 13.5. The standard InChI is InChI=1S/C19H13F6N5O2/c1-8(18(20,21)22)31-14-5-3-10(6-11(14)19(23,24)25)16-29-15(30-32-16)9-2-4-12-13(7-9)28-17(26)27-12/h2-8H,1H3,(H3,26,27,28). The Morgan fingerprint density at radius 1 is 1.00 bits per heavy atom. The minimum Gasteiger partial charge on any atom is -0.481 e. The van der Waals surface area contributed by atoms with E-state index in [1.807, 2.05) is 0 Å². The Morgan fingerprint density at radius 2 is 1.72 bits per heavy atom. The Balaban J connectivity index is 1.68. The van der Waals surface area contributed by atoms with Gasteiger partial charge in [0.25, 0.3) is 5.89 Å². The zero-order valence-corrected chi connectivity index (χ0v) is 16.0. The molecule has 32 heavy (non-hydrogen) atoms. The average Bonchev–Trinajstić information content (AvgIpc) is 3.32. The summed E-state index contributed by atoms with van der Waals surface area (Å²) in [5.74, 6) is -0.944. The number of nitrogens with two attached hydrogens (primary N) is 1. The van der Waals surface area contributed by atoms with Crippen molar-refractivity contribution in [1.82, 2.24) is 20.1 Å². The first-order valence-corrected chi connectivity index (χ1v) is 8.96. The van der Waals surface area contributed by atoms with E-state index >= 15 is 0 Å². The highest BCUT2D eigenvalue weighted by atomic mass is 19.4. The highest BCUT2D eigenvalue weighted by Crippen LogP contribution is 2.40. The molecule has 2 heterocycles. The zero-order chi connectivity index (χ0) is 23.3. The molecule has 13 heteroatoms. The number of ether oxygens (including phenoxy) is 1. The lowest BCUT2D eigenvalue weighted by Crippen LogP contribution is -2.31. The fourth-order valence-electron chi connectivity index (χ4n) is 2.87. The fraction of sp³-hybridized carbons (Fsp3) is 0.211. The summed E-state index contributed by atoms with van der Waals surface area (Å²) in [6, 6.07) is 7.36. The number of imidazole rings is 1. The molecular weight excluding hydrogens is 444 g/mol. The molecular formula is C19H13F6N5O2. The van der Waals surface area contributed by atoms with Crippen molar-refractivity contribution in [1.29, 1.82) is 0 Å². The van der Waals surface area contributed by atoms with Crippen LogP contribution in [0.3, 0.4) is 0 Å². The number of aromatic nitrogens is 4. The van der Waals surface area contributed by atoms with E-state index in [1.165, 1.54) is 0 Å². The third kappa shape index (κ3) is 4.18. The van der Waals surface area contributed by atoms with Crippen molar-refractivity contribution in [3.8, 4) is 28.6 Å². The van der Waals surface area contributed by atoms with Crippen molar-refractivity contribution < 1.29 is 35.6 Å². The van der Waals surface area contributed by atoms with Crippen LogP contribution in [-0.2, 0) is 6.18 Å². The molecule has 0 saturated carbocycles. The minimum absolute atomic E-state index is 0.0784. The predicted octanol–water partition coefficient (Wildman–Crippen LogP) is 5.21. The predicted molar refractivity (Wildman–Crippen MR) is 100 cm³/mol. The molecule has 0 saturated heterocycles. The van der Waals surface area contributed by atoms with Crippen molar-refractivity contribution >= 4 is 17.0 Å². The van der Waals surface area contributed by atoms with E-state index in [1.54, 1.807) is 18.2 Å². The van der Waals surface area contributed by atoms with Gasteiger partial charge in [0.05, 0.1) is 16.6 Å². The summed E-state index contributed by atoms with van der Waals surface area (Å²) < 4.78 is 88.1. The number of hydrogen-bond acceptors (Lipinski definition) is 6. The molecule has 7 nitrogen and oxygen atoms in total. The number of rotatable bonds is 4. The molecule has 1 unspecified atom stereocenters. The van der Waals surface area contributed by atoms with Crippen LogP contribution in [-0.4, -0.2) is 32.4 Å². The second-order valence-corrected chi connectivity index (χ2v) is 6.79. The van der Waals surface area contributed by atoms with Crippen LogP contribution in [0.25, 0.3) is 33.9 Å². The lowest BCUT2D eigenvalue weighted by molar-refractivity contribution is -0.191. The van der Waals surface area contributed by atoms with Gasteiger partial charge in [0.1, 0.15) is 5.75 Å². The normalized spacial score (nSPS) is 13.5. The van der Waals surface area contributed by atoms with E-state index in [-0.39, 0.29) is 23.2 Å². The number of benzene rings is 2. The van der Waals surface area contributed by atoms with Gasteiger partial charge in [-0.15, -0.1) is 0 Å². The number of halogens is 6. The van der Waals surface area contributed by atoms with Gasteiger partial charge in [0.15, 0.2) is 12.1 Å². The van der Waals surface area contributed by atoms with Crippen LogP contribution in [0, 0.1) is 0 Å². The molecule has 0 bridgehead atoms. The van der Waals surface area contributed by atoms with E-state index in [4.69, 9.17) is 10.3 Å². The zero-order valence-electron chi connectivity index (χ0n) is 16.0. The Hall–Kier alpha value is -3.77. The number of nitrogens with zero attached hydrogens (tertiary/aromatic N) is 3. The van der Waals surface area contributed by atoms with Crippen LogP contribution in [0.2, 0.25) is 0 Å². The second-order valence-electron chi connectivity index (χ2n) is 6.79. The monoisotopic (exact) mass is 457 g/mol. The Kier molecular flexibility index (Phi) is 4.98. The molecule has 0 amide bonds. The topological polar surface area (TPSA) is 103 Å². The molecule has 0 radical (unpaired) electrons. The van der Waals surface area contributed by atoms with Crippen molar-refractivity contribution in [3.05, 3.63) is 42.0 Å². The van der Waals surface area contributed by atoms with Gasteiger partial charge in [0.2, 0.25) is 5.82 Å². The maximum Gasteiger partial charge on any atom is 0.425 e. The third-order valence-corrected chi connectivity index (χ3v) is 4.48. The van der Waals surface area contributed by atoms with Crippen LogP contribution in [0.15, 0.2) is 40.9 Å². The van der Waals surface area contributed by atoms with Gasteiger partial charge in [-0.2, -0.15) is 31.3 Å². The molecule has 0 aliphatic heterocycles. The van der Waals surface area contributed by atoms with Crippen LogP contribution in [0.1, 0.15) is 12.5 Å². The van der Waals surface area contributed by atoms with E-state index < -0.39 is 29.8 Å². The molecule has 4 rings (SSSR count). The van der Waals surface area contributed by atoms with Gasteiger partial charge >= 0.3 is 12.4 Å². The molecule has 2 aromatic heterocycles. The van der Waals surface area contributed by atoms with Crippen molar-refractivity contribution in [2.24, 2.45) is 0 Å². The van der Waals surface area contributed by atoms with Gasteiger partial charge < -0.3 is 20.0 Å². The number of anilines is 1. The Morgan fingerprint density at radius 3 is 2.41 bits per heavy atom. The van der Waals surface area contributed by atoms with Crippen molar-refractivity contribution in [2.45, 2.75) is 25.4 Å². The number of aromatic amines is 1. The molecule has 0 fully saturated rings. The number of alkyl halides is 6. The number of nitrogens with one attached hydrogen (secondary N) is 1. The molecule has 3 N–H and O–H groups in total. The van der Waals surface area contributed by atoms with E-state index in [0.29, 0.717) is 29.6 Å². The number of hydrogen-bond donors (Lipinski definition) is 2. The number of H-pyrrole nitrogens is 1. The first kappa shape index (κ1) is 21.5. The third-order valence-electron chi connectivity index (χ3n) is 4.48. The van der Waals surface area contributed by atoms with Crippen LogP contribution >= 0.6 is 0 Å². The first-order valence-electron chi connectivity index (χ1n) is 8.96. The summed E-state index contributed by atoms with van der Waals surface area (Å²) in [5, 5.41) is 3.76. The Bertz CT molecular complexity index is 1280. The molecule has 0 spiro atoms. The molecule has 2 aromatic carbocycles. The van der Waals surface area contributed by atoms with Crippen LogP contribution < -0.4 is 10.5 Å². The largest absolute Gasteiger partial charge is 0.481 e. The summed E-state index contributed by atoms with van der Waals surface area (Å²) in [6.45, 7) is 0.614. The molecule has 1 atom stereocenters. The van der Waals surface area contributed by atoms with Crippen molar-refractivity contribution in [2.75, 3.05) is 5.73 Å². The molecule has 0 aliphatic carbocycles. The summed E-state index contributed by atoms with van der Waals surface area (Å²) in [6.07, 6.45) is -12.2. The van der Waals surface area contributed by atoms with Crippen LogP contribution in [0.4, 0.5) is 32.3 Å². The van der Waals surface area contributed by atoms with Gasteiger partial charge in [0, 0.05) is 11.1 Å². The fourth-order valence-corrected chi connectivity index (χ4v) is 2.87. The maximum absolute atomic E-state index is 13.5. The van der Waals surface area contributed by atoms with Gasteiger partial charge in [-0.25, -0.2) is 4.98 Å². The minimum atomic E-state index is -4.98. The molecule has 0 aliphatic rings. The summed E-state index contributed by atoms with van der Waals surface area (Å²) in [4.78, 5) is 11.0.